The maximum absolute atomic E-state index is 3.51. The van der Waals surface area contributed by atoms with Gasteiger partial charge < -0.3 is 5.32 Å². The molecule has 23 heavy (non-hydrogen) atoms. The quantitative estimate of drug-likeness (QED) is 0.655. The molecule has 0 aliphatic rings. The molecule has 1 heteroatoms. The second-order valence-electron chi connectivity index (χ2n) is 5.49. The molecule has 0 radical (unpaired) electrons. The Morgan fingerprint density at radius 3 is 2.00 bits per heavy atom. The molecule has 3 aromatic carbocycles. The lowest BCUT2D eigenvalue weighted by Crippen LogP contribution is -2.08. The van der Waals surface area contributed by atoms with Crippen molar-refractivity contribution in [3.63, 3.8) is 0 Å². The van der Waals surface area contributed by atoms with Crippen LogP contribution < -0.4 is 5.32 Å². The summed E-state index contributed by atoms with van der Waals surface area (Å²) in [4.78, 5) is 0. The van der Waals surface area contributed by atoms with Crippen LogP contribution in [-0.4, -0.2) is 0 Å². The standard InChI is InChI=1S/C22H19N/c1-18-12-15-20(16-13-18)22(23-21-10-6-3-7-11-21)17-14-19-8-4-2-5-9-19/h2-13,15-16,22-23H,1H3. The minimum atomic E-state index is -0.0433. The van der Waals surface area contributed by atoms with Gasteiger partial charge in [-0.2, -0.15) is 0 Å². The molecule has 0 heterocycles. The molecule has 1 N–H and O–H groups in total. The van der Waals surface area contributed by atoms with Gasteiger partial charge in [0.2, 0.25) is 0 Å². The summed E-state index contributed by atoms with van der Waals surface area (Å²) in [5.74, 6) is 6.62. The van der Waals surface area contributed by atoms with E-state index >= 15 is 0 Å². The van der Waals surface area contributed by atoms with Crippen LogP contribution in [0.4, 0.5) is 5.69 Å². The predicted molar refractivity (Wildman–Crippen MR) is 97.3 cm³/mol. The first kappa shape index (κ1) is 14.9. The Balaban J connectivity index is 1.90. The van der Waals surface area contributed by atoms with Crippen molar-refractivity contribution >= 4 is 5.69 Å². The summed E-state index contributed by atoms with van der Waals surface area (Å²) in [7, 11) is 0. The molecule has 0 aliphatic heterocycles. The van der Waals surface area contributed by atoms with Gasteiger partial charge in [0.05, 0.1) is 0 Å². The molecule has 0 amide bonds. The van der Waals surface area contributed by atoms with E-state index in [1.54, 1.807) is 0 Å². The number of anilines is 1. The molecule has 3 aromatic rings. The third kappa shape index (κ3) is 4.25. The van der Waals surface area contributed by atoms with Crippen molar-refractivity contribution < 1.29 is 0 Å². The first-order valence-electron chi connectivity index (χ1n) is 7.76. The number of nitrogens with one attached hydrogen (secondary N) is 1. The molecule has 0 bridgehead atoms. The molecule has 0 fully saturated rings. The Hall–Kier alpha value is -2.98. The average Bonchev–Trinajstić information content (AvgIpc) is 2.61. The summed E-state index contributed by atoms with van der Waals surface area (Å²) in [6, 6.07) is 28.7. The highest BCUT2D eigenvalue weighted by Gasteiger charge is 2.07. The molecular weight excluding hydrogens is 278 g/mol. The van der Waals surface area contributed by atoms with Crippen LogP contribution in [0.5, 0.6) is 0 Å². The van der Waals surface area contributed by atoms with Gasteiger partial charge >= 0.3 is 0 Å². The largest absolute Gasteiger partial charge is 0.368 e. The minimum absolute atomic E-state index is 0.0433. The van der Waals surface area contributed by atoms with Crippen molar-refractivity contribution in [1.82, 2.24) is 0 Å². The van der Waals surface area contributed by atoms with Crippen LogP contribution in [0.25, 0.3) is 0 Å². The Morgan fingerprint density at radius 1 is 0.739 bits per heavy atom. The van der Waals surface area contributed by atoms with Crippen molar-refractivity contribution in [2.24, 2.45) is 0 Å². The second kappa shape index (κ2) is 7.33. The number of para-hydroxylation sites is 1. The Bertz CT molecular complexity index is 793. The maximum atomic E-state index is 3.51. The highest BCUT2D eigenvalue weighted by Crippen LogP contribution is 2.19. The normalized spacial score (nSPS) is 11.2. The van der Waals surface area contributed by atoms with E-state index in [-0.39, 0.29) is 6.04 Å². The zero-order valence-corrected chi connectivity index (χ0v) is 13.2. The van der Waals surface area contributed by atoms with Gasteiger partial charge in [0.1, 0.15) is 6.04 Å². The van der Waals surface area contributed by atoms with Crippen LogP contribution in [0.1, 0.15) is 22.7 Å². The van der Waals surface area contributed by atoms with E-state index in [0.29, 0.717) is 0 Å². The SMILES string of the molecule is Cc1ccc(C(C#Cc2ccccc2)Nc2ccccc2)cc1. The monoisotopic (exact) mass is 297 g/mol. The summed E-state index contributed by atoms with van der Waals surface area (Å²) in [6.45, 7) is 2.10. The maximum Gasteiger partial charge on any atom is 0.114 e. The highest BCUT2D eigenvalue weighted by atomic mass is 14.9. The van der Waals surface area contributed by atoms with Gasteiger partial charge in [-0.1, -0.05) is 78.1 Å². The first-order valence-corrected chi connectivity index (χ1v) is 7.76. The first-order chi connectivity index (χ1) is 11.3. The second-order valence-corrected chi connectivity index (χ2v) is 5.49. The van der Waals surface area contributed by atoms with E-state index < -0.39 is 0 Å². The summed E-state index contributed by atoms with van der Waals surface area (Å²) < 4.78 is 0. The molecule has 0 spiro atoms. The van der Waals surface area contributed by atoms with E-state index in [2.05, 4.69) is 60.5 Å². The molecule has 1 atom stereocenters. The van der Waals surface area contributed by atoms with E-state index in [4.69, 9.17) is 0 Å². The third-order valence-corrected chi connectivity index (χ3v) is 3.63. The van der Waals surface area contributed by atoms with Gasteiger partial charge in [0.25, 0.3) is 0 Å². The average molecular weight is 297 g/mol. The van der Waals surface area contributed by atoms with Crippen molar-refractivity contribution in [1.29, 1.82) is 0 Å². The summed E-state index contributed by atoms with van der Waals surface area (Å²) in [6.07, 6.45) is 0. The van der Waals surface area contributed by atoms with Crippen LogP contribution in [0.3, 0.4) is 0 Å². The Morgan fingerprint density at radius 2 is 1.35 bits per heavy atom. The van der Waals surface area contributed by atoms with Crippen LogP contribution in [-0.2, 0) is 0 Å². The molecular formula is C22H19N. The number of benzene rings is 3. The van der Waals surface area contributed by atoms with E-state index in [0.717, 1.165) is 11.3 Å². The highest BCUT2D eigenvalue weighted by molar-refractivity contribution is 5.49. The third-order valence-electron chi connectivity index (χ3n) is 3.63. The van der Waals surface area contributed by atoms with Crippen LogP contribution in [0, 0.1) is 18.8 Å². The molecule has 3 rings (SSSR count). The summed E-state index contributed by atoms with van der Waals surface area (Å²) >= 11 is 0. The van der Waals surface area contributed by atoms with Crippen molar-refractivity contribution in [3.05, 3.63) is 102 Å². The van der Waals surface area contributed by atoms with E-state index in [1.165, 1.54) is 11.1 Å². The van der Waals surface area contributed by atoms with Gasteiger partial charge in [-0.15, -0.1) is 0 Å². The molecule has 112 valence electrons. The molecule has 0 aromatic heterocycles. The van der Waals surface area contributed by atoms with E-state index in [1.807, 2.05) is 48.5 Å². The van der Waals surface area contributed by atoms with E-state index in [9.17, 15) is 0 Å². The lowest BCUT2D eigenvalue weighted by atomic mass is 10.0. The van der Waals surface area contributed by atoms with Crippen molar-refractivity contribution in [2.75, 3.05) is 5.32 Å². The van der Waals surface area contributed by atoms with Gasteiger partial charge in [-0.05, 0) is 36.8 Å². The van der Waals surface area contributed by atoms with Crippen molar-refractivity contribution in [3.8, 4) is 11.8 Å². The predicted octanol–water partition coefficient (Wildman–Crippen LogP) is 5.20. The van der Waals surface area contributed by atoms with Gasteiger partial charge in [-0.25, -0.2) is 0 Å². The van der Waals surface area contributed by atoms with Crippen LogP contribution in [0.2, 0.25) is 0 Å². The topological polar surface area (TPSA) is 12.0 Å². The Kier molecular flexibility index (Phi) is 4.76. The van der Waals surface area contributed by atoms with Crippen LogP contribution >= 0.6 is 0 Å². The fraction of sp³-hybridized carbons (Fsp3) is 0.0909. The van der Waals surface area contributed by atoms with Gasteiger partial charge in [-0.3, -0.25) is 0 Å². The zero-order chi connectivity index (χ0) is 15.9. The van der Waals surface area contributed by atoms with Gasteiger partial charge in [0, 0.05) is 11.3 Å². The molecule has 0 saturated carbocycles. The molecule has 1 nitrogen and oxygen atoms in total. The number of aryl methyl sites for hydroxylation is 1. The van der Waals surface area contributed by atoms with Crippen LogP contribution in [0.15, 0.2) is 84.9 Å². The molecule has 0 saturated heterocycles. The fourth-order valence-electron chi connectivity index (χ4n) is 2.34. The smallest absolute Gasteiger partial charge is 0.114 e. The van der Waals surface area contributed by atoms with Gasteiger partial charge in [0.15, 0.2) is 0 Å². The number of rotatable bonds is 3. The zero-order valence-electron chi connectivity index (χ0n) is 13.2. The van der Waals surface area contributed by atoms with Crippen molar-refractivity contribution in [2.45, 2.75) is 13.0 Å². The summed E-state index contributed by atoms with van der Waals surface area (Å²) in [5.41, 5.74) is 4.52. The molecule has 1 unspecified atom stereocenters. The Labute approximate surface area is 138 Å². The lowest BCUT2D eigenvalue weighted by Gasteiger charge is -2.15. The summed E-state index contributed by atoms with van der Waals surface area (Å²) in [5, 5.41) is 3.51. The number of hydrogen-bond acceptors (Lipinski definition) is 1. The lowest BCUT2D eigenvalue weighted by molar-refractivity contribution is 1.02. The number of hydrogen-bond donors (Lipinski definition) is 1. The molecule has 0 aliphatic carbocycles. The minimum Gasteiger partial charge on any atom is -0.368 e. The fourth-order valence-corrected chi connectivity index (χ4v) is 2.34.